The quantitative estimate of drug-likeness (QED) is 0.860. The van der Waals surface area contributed by atoms with E-state index in [0.717, 1.165) is 23.5 Å². The van der Waals surface area contributed by atoms with Gasteiger partial charge in [-0.05, 0) is 38.3 Å². The Labute approximate surface area is 102 Å². The second-order valence-corrected chi connectivity index (χ2v) is 4.56. The summed E-state index contributed by atoms with van der Waals surface area (Å²) < 4.78 is 1.97. The van der Waals surface area contributed by atoms with E-state index in [2.05, 4.69) is 44.9 Å². The third-order valence-corrected chi connectivity index (χ3v) is 3.08. The fourth-order valence-corrected chi connectivity index (χ4v) is 2.44. The van der Waals surface area contributed by atoms with Gasteiger partial charge in [0, 0.05) is 0 Å². The molecule has 2 aromatic rings. The number of rotatable bonds is 2. The molecule has 0 amide bonds. The molecule has 0 fully saturated rings. The van der Waals surface area contributed by atoms with Crippen LogP contribution in [0.1, 0.15) is 29.3 Å². The standard InChI is InChI=1S/C14H19N3/c1-5-13-12(15)8-16-17(13)14-10(3)6-9(2)7-11(14)4/h6-8H,5,15H2,1-4H3. The molecule has 0 bridgehead atoms. The zero-order valence-corrected chi connectivity index (χ0v) is 10.9. The molecular formula is C14H19N3. The van der Waals surface area contributed by atoms with Gasteiger partial charge in [0.25, 0.3) is 0 Å². The van der Waals surface area contributed by atoms with Crippen LogP contribution in [0.25, 0.3) is 5.69 Å². The zero-order valence-electron chi connectivity index (χ0n) is 10.9. The monoisotopic (exact) mass is 229 g/mol. The molecule has 1 aromatic carbocycles. The maximum Gasteiger partial charge on any atom is 0.0737 e. The second-order valence-electron chi connectivity index (χ2n) is 4.56. The number of aryl methyl sites for hydroxylation is 3. The van der Waals surface area contributed by atoms with E-state index in [1.165, 1.54) is 16.7 Å². The van der Waals surface area contributed by atoms with Crippen molar-refractivity contribution in [3.05, 3.63) is 40.7 Å². The van der Waals surface area contributed by atoms with Crippen LogP contribution in [0.2, 0.25) is 0 Å². The summed E-state index contributed by atoms with van der Waals surface area (Å²) in [6.45, 7) is 8.45. The van der Waals surface area contributed by atoms with Gasteiger partial charge < -0.3 is 5.73 Å². The van der Waals surface area contributed by atoms with Crippen molar-refractivity contribution in [2.24, 2.45) is 0 Å². The number of hydrogen-bond acceptors (Lipinski definition) is 2. The molecule has 90 valence electrons. The summed E-state index contributed by atoms with van der Waals surface area (Å²) in [6, 6.07) is 4.36. The van der Waals surface area contributed by atoms with E-state index < -0.39 is 0 Å². The van der Waals surface area contributed by atoms with Gasteiger partial charge in [-0.25, -0.2) is 4.68 Å². The maximum absolute atomic E-state index is 5.94. The first-order valence-electron chi connectivity index (χ1n) is 5.95. The zero-order chi connectivity index (χ0) is 12.6. The highest BCUT2D eigenvalue weighted by atomic mass is 15.3. The number of nitrogen functional groups attached to an aromatic ring is 1. The van der Waals surface area contributed by atoms with Gasteiger partial charge in [-0.3, -0.25) is 0 Å². The first-order valence-corrected chi connectivity index (χ1v) is 5.95. The van der Waals surface area contributed by atoms with Crippen molar-refractivity contribution in [1.82, 2.24) is 9.78 Å². The van der Waals surface area contributed by atoms with Crippen LogP contribution in [0.5, 0.6) is 0 Å². The molecule has 0 aliphatic heterocycles. The Morgan fingerprint density at radius 3 is 2.29 bits per heavy atom. The summed E-state index contributed by atoms with van der Waals surface area (Å²) >= 11 is 0. The fourth-order valence-electron chi connectivity index (χ4n) is 2.44. The Morgan fingerprint density at radius 2 is 1.76 bits per heavy atom. The van der Waals surface area contributed by atoms with E-state index in [1.807, 2.05) is 4.68 Å². The summed E-state index contributed by atoms with van der Waals surface area (Å²) in [5.74, 6) is 0. The van der Waals surface area contributed by atoms with Crippen molar-refractivity contribution in [2.45, 2.75) is 34.1 Å². The molecule has 0 radical (unpaired) electrons. The Balaban J connectivity index is 2.68. The average Bonchev–Trinajstić information content (AvgIpc) is 2.58. The van der Waals surface area contributed by atoms with E-state index in [-0.39, 0.29) is 0 Å². The second kappa shape index (κ2) is 4.24. The molecule has 1 aromatic heterocycles. The maximum atomic E-state index is 5.94. The summed E-state index contributed by atoms with van der Waals surface area (Å²) in [5, 5.41) is 4.40. The molecule has 0 atom stereocenters. The summed E-state index contributed by atoms with van der Waals surface area (Å²) in [5.41, 5.74) is 12.7. The van der Waals surface area contributed by atoms with Crippen LogP contribution in [0.3, 0.4) is 0 Å². The highest BCUT2D eigenvalue weighted by molar-refractivity contribution is 5.53. The molecule has 0 aliphatic carbocycles. The third kappa shape index (κ3) is 1.93. The SMILES string of the molecule is CCc1c(N)cnn1-c1c(C)cc(C)cc1C. The summed E-state index contributed by atoms with van der Waals surface area (Å²) in [7, 11) is 0. The van der Waals surface area contributed by atoms with Crippen molar-refractivity contribution in [1.29, 1.82) is 0 Å². The molecule has 1 heterocycles. The topological polar surface area (TPSA) is 43.8 Å². The van der Waals surface area contributed by atoms with Crippen molar-refractivity contribution >= 4 is 5.69 Å². The highest BCUT2D eigenvalue weighted by Crippen LogP contribution is 2.24. The van der Waals surface area contributed by atoms with Crippen LogP contribution in [0, 0.1) is 20.8 Å². The number of benzene rings is 1. The average molecular weight is 229 g/mol. The molecule has 0 aliphatic rings. The van der Waals surface area contributed by atoms with Gasteiger partial charge in [-0.15, -0.1) is 0 Å². The van der Waals surface area contributed by atoms with E-state index in [0.29, 0.717) is 0 Å². The molecule has 0 spiro atoms. The minimum absolute atomic E-state index is 0.770. The lowest BCUT2D eigenvalue weighted by molar-refractivity contribution is 0.803. The van der Waals surface area contributed by atoms with Crippen LogP contribution in [0.4, 0.5) is 5.69 Å². The molecule has 3 nitrogen and oxygen atoms in total. The first-order chi connectivity index (χ1) is 8.04. The number of nitrogens with two attached hydrogens (primary N) is 1. The summed E-state index contributed by atoms with van der Waals surface area (Å²) in [6.07, 6.45) is 2.62. The smallest absolute Gasteiger partial charge is 0.0737 e. The Kier molecular flexibility index (Phi) is 2.92. The number of anilines is 1. The van der Waals surface area contributed by atoms with Crippen molar-refractivity contribution < 1.29 is 0 Å². The lowest BCUT2D eigenvalue weighted by Gasteiger charge is -2.14. The van der Waals surface area contributed by atoms with Crippen LogP contribution >= 0.6 is 0 Å². The molecule has 0 saturated heterocycles. The minimum atomic E-state index is 0.770. The molecule has 0 saturated carbocycles. The molecular weight excluding hydrogens is 210 g/mol. The number of aromatic nitrogens is 2. The number of hydrogen-bond donors (Lipinski definition) is 1. The first kappa shape index (κ1) is 11.7. The fraction of sp³-hybridized carbons (Fsp3) is 0.357. The molecule has 0 unspecified atom stereocenters. The lowest BCUT2D eigenvalue weighted by Crippen LogP contribution is -2.07. The van der Waals surface area contributed by atoms with Crippen molar-refractivity contribution in [3.8, 4) is 5.69 Å². The highest BCUT2D eigenvalue weighted by Gasteiger charge is 2.12. The molecule has 3 heteroatoms. The van der Waals surface area contributed by atoms with Crippen LogP contribution in [0.15, 0.2) is 18.3 Å². The third-order valence-electron chi connectivity index (χ3n) is 3.08. The Morgan fingerprint density at radius 1 is 1.18 bits per heavy atom. The van der Waals surface area contributed by atoms with Crippen molar-refractivity contribution in [2.75, 3.05) is 5.73 Å². The summed E-state index contributed by atoms with van der Waals surface area (Å²) in [4.78, 5) is 0. The molecule has 2 rings (SSSR count). The predicted molar refractivity (Wildman–Crippen MR) is 71.6 cm³/mol. The Bertz CT molecular complexity index is 530. The van der Waals surface area contributed by atoms with Gasteiger partial charge in [0.1, 0.15) is 0 Å². The largest absolute Gasteiger partial charge is 0.396 e. The lowest BCUT2D eigenvalue weighted by atomic mass is 10.0. The van der Waals surface area contributed by atoms with Gasteiger partial charge in [-0.1, -0.05) is 24.6 Å². The number of nitrogens with zero attached hydrogens (tertiary/aromatic N) is 2. The minimum Gasteiger partial charge on any atom is -0.396 e. The van der Waals surface area contributed by atoms with E-state index >= 15 is 0 Å². The predicted octanol–water partition coefficient (Wildman–Crippen LogP) is 2.94. The van der Waals surface area contributed by atoms with Crippen LogP contribution in [-0.2, 0) is 6.42 Å². The van der Waals surface area contributed by atoms with Crippen LogP contribution < -0.4 is 5.73 Å². The Hall–Kier alpha value is -1.77. The van der Waals surface area contributed by atoms with Gasteiger partial charge >= 0.3 is 0 Å². The van der Waals surface area contributed by atoms with Gasteiger partial charge in [-0.2, -0.15) is 5.10 Å². The van der Waals surface area contributed by atoms with Gasteiger partial charge in [0.05, 0.1) is 23.3 Å². The van der Waals surface area contributed by atoms with Crippen molar-refractivity contribution in [3.63, 3.8) is 0 Å². The van der Waals surface area contributed by atoms with Gasteiger partial charge in [0.15, 0.2) is 0 Å². The van der Waals surface area contributed by atoms with E-state index in [1.54, 1.807) is 6.20 Å². The van der Waals surface area contributed by atoms with Gasteiger partial charge in [0.2, 0.25) is 0 Å². The normalized spacial score (nSPS) is 10.8. The molecule has 2 N–H and O–H groups in total. The van der Waals surface area contributed by atoms with E-state index in [9.17, 15) is 0 Å². The van der Waals surface area contributed by atoms with E-state index in [4.69, 9.17) is 5.73 Å². The molecule has 17 heavy (non-hydrogen) atoms. The van der Waals surface area contributed by atoms with Crippen LogP contribution in [-0.4, -0.2) is 9.78 Å².